The normalized spacial score (nSPS) is 17.2. The second-order valence-electron chi connectivity index (χ2n) is 5.47. The Balaban J connectivity index is 2.45. The molecule has 0 aromatic heterocycles. The molecule has 0 saturated heterocycles. The van der Waals surface area contributed by atoms with Crippen LogP contribution in [0.15, 0.2) is 47.3 Å². The maximum atomic E-state index is 4.85. The van der Waals surface area contributed by atoms with Crippen molar-refractivity contribution in [1.29, 1.82) is 0 Å². The zero-order chi connectivity index (χ0) is 15.4. The van der Waals surface area contributed by atoms with E-state index in [2.05, 4.69) is 65.5 Å². The third-order valence-corrected chi connectivity index (χ3v) is 3.62. The Morgan fingerprint density at radius 3 is 2.52 bits per heavy atom. The molecular weight excluding hydrogens is 262 g/mol. The van der Waals surface area contributed by atoms with E-state index < -0.39 is 0 Å². The standard InChI is InChI=1S/C17H23N3O/c1-19(2)14-9-10-15(13(11-14)12-18-21-5)16-7-6-8-17(16)20(3)4/h6-12,16H,1-5H3. The number of likely N-dealkylation sites (N-methyl/N-ethyl adjacent to an activating group) is 1. The van der Waals surface area contributed by atoms with Gasteiger partial charge in [-0.05, 0) is 23.8 Å². The van der Waals surface area contributed by atoms with Gasteiger partial charge in [0.2, 0.25) is 0 Å². The molecule has 4 heteroatoms. The summed E-state index contributed by atoms with van der Waals surface area (Å²) in [5, 5.41) is 3.94. The van der Waals surface area contributed by atoms with Gasteiger partial charge in [-0.3, -0.25) is 0 Å². The van der Waals surface area contributed by atoms with E-state index in [0.29, 0.717) is 0 Å². The number of oxime groups is 1. The Morgan fingerprint density at radius 1 is 1.14 bits per heavy atom. The second kappa shape index (κ2) is 6.48. The fourth-order valence-corrected chi connectivity index (χ4v) is 2.50. The SMILES string of the molecule is CON=Cc1cc(N(C)C)ccc1C1C=CC=C1N(C)C. The molecule has 4 nitrogen and oxygen atoms in total. The number of benzene rings is 1. The summed E-state index contributed by atoms with van der Waals surface area (Å²) in [6.07, 6.45) is 8.25. The Bertz CT molecular complexity index is 586. The molecule has 1 aliphatic carbocycles. The predicted octanol–water partition coefficient (Wildman–Crippen LogP) is 2.83. The van der Waals surface area contributed by atoms with Crippen LogP contribution in [0.25, 0.3) is 0 Å². The quantitative estimate of drug-likeness (QED) is 0.615. The van der Waals surface area contributed by atoms with Gasteiger partial charge in [-0.15, -0.1) is 0 Å². The van der Waals surface area contributed by atoms with Crippen molar-refractivity contribution < 1.29 is 4.84 Å². The topological polar surface area (TPSA) is 28.1 Å². The monoisotopic (exact) mass is 285 g/mol. The van der Waals surface area contributed by atoms with Crippen LogP contribution in [0.3, 0.4) is 0 Å². The zero-order valence-electron chi connectivity index (χ0n) is 13.4. The molecule has 0 saturated carbocycles. The smallest absolute Gasteiger partial charge is 0.106 e. The molecule has 0 aliphatic heterocycles. The largest absolute Gasteiger partial charge is 0.399 e. The molecule has 0 spiro atoms. The van der Waals surface area contributed by atoms with Gasteiger partial charge in [-0.1, -0.05) is 23.4 Å². The lowest BCUT2D eigenvalue weighted by Crippen LogP contribution is -2.17. The summed E-state index contributed by atoms with van der Waals surface area (Å²) in [7, 11) is 9.78. The zero-order valence-corrected chi connectivity index (χ0v) is 13.4. The summed E-state index contributed by atoms with van der Waals surface area (Å²) < 4.78 is 0. The van der Waals surface area contributed by atoms with Gasteiger partial charge in [0, 0.05) is 51.1 Å². The van der Waals surface area contributed by atoms with Crippen LogP contribution in [0.5, 0.6) is 0 Å². The average Bonchev–Trinajstić information content (AvgIpc) is 2.94. The number of hydrogen-bond acceptors (Lipinski definition) is 4. The second-order valence-corrected chi connectivity index (χ2v) is 5.47. The van der Waals surface area contributed by atoms with Gasteiger partial charge in [0.1, 0.15) is 7.11 Å². The summed E-state index contributed by atoms with van der Waals surface area (Å²) >= 11 is 0. The van der Waals surface area contributed by atoms with Crippen LogP contribution in [0.2, 0.25) is 0 Å². The van der Waals surface area contributed by atoms with Crippen LogP contribution >= 0.6 is 0 Å². The van der Waals surface area contributed by atoms with E-state index in [0.717, 1.165) is 11.3 Å². The highest BCUT2D eigenvalue weighted by atomic mass is 16.6. The lowest BCUT2D eigenvalue weighted by Gasteiger charge is -2.24. The van der Waals surface area contributed by atoms with Gasteiger partial charge in [0.05, 0.1) is 6.21 Å². The van der Waals surface area contributed by atoms with Crippen molar-refractivity contribution in [3.8, 4) is 0 Å². The molecule has 112 valence electrons. The fourth-order valence-electron chi connectivity index (χ4n) is 2.50. The van der Waals surface area contributed by atoms with Crippen molar-refractivity contribution in [2.75, 3.05) is 40.2 Å². The first-order chi connectivity index (χ1) is 10.0. The fraction of sp³-hybridized carbons (Fsp3) is 0.353. The summed E-state index contributed by atoms with van der Waals surface area (Å²) in [6.45, 7) is 0. The van der Waals surface area contributed by atoms with E-state index in [1.54, 1.807) is 13.3 Å². The molecular formula is C17H23N3O. The molecule has 0 fully saturated rings. The summed E-state index contributed by atoms with van der Waals surface area (Å²) in [5.41, 5.74) is 4.73. The van der Waals surface area contributed by atoms with Crippen LogP contribution in [0.4, 0.5) is 5.69 Å². The van der Waals surface area contributed by atoms with Gasteiger partial charge < -0.3 is 14.6 Å². The highest BCUT2D eigenvalue weighted by Gasteiger charge is 2.21. The van der Waals surface area contributed by atoms with E-state index in [4.69, 9.17) is 4.84 Å². The molecule has 1 unspecified atom stereocenters. The summed E-state index contributed by atoms with van der Waals surface area (Å²) in [6, 6.07) is 6.44. The summed E-state index contributed by atoms with van der Waals surface area (Å²) in [5.74, 6) is 0.259. The molecule has 0 amide bonds. The molecule has 1 aliphatic rings. The Kier molecular flexibility index (Phi) is 4.68. The van der Waals surface area contributed by atoms with Gasteiger partial charge in [-0.25, -0.2) is 0 Å². The molecule has 0 N–H and O–H groups in total. The molecule has 2 rings (SSSR count). The van der Waals surface area contributed by atoms with Crippen LogP contribution in [-0.4, -0.2) is 46.4 Å². The first-order valence-corrected chi connectivity index (χ1v) is 6.98. The van der Waals surface area contributed by atoms with Gasteiger partial charge in [-0.2, -0.15) is 0 Å². The Morgan fingerprint density at radius 2 is 1.90 bits per heavy atom. The maximum Gasteiger partial charge on any atom is 0.106 e. The van der Waals surface area contributed by atoms with Crippen molar-refractivity contribution in [3.05, 3.63) is 53.3 Å². The van der Waals surface area contributed by atoms with Gasteiger partial charge in [0.15, 0.2) is 0 Å². The number of rotatable bonds is 5. The molecule has 0 bridgehead atoms. The first kappa shape index (κ1) is 15.2. The predicted molar refractivity (Wildman–Crippen MR) is 89.0 cm³/mol. The van der Waals surface area contributed by atoms with E-state index in [-0.39, 0.29) is 5.92 Å². The molecule has 21 heavy (non-hydrogen) atoms. The van der Waals surface area contributed by atoms with Crippen molar-refractivity contribution in [3.63, 3.8) is 0 Å². The number of hydrogen-bond donors (Lipinski definition) is 0. The highest BCUT2D eigenvalue weighted by Crippen LogP contribution is 2.34. The number of nitrogens with zero attached hydrogens (tertiary/aromatic N) is 3. The van der Waals surface area contributed by atoms with Crippen LogP contribution in [-0.2, 0) is 4.84 Å². The van der Waals surface area contributed by atoms with Crippen molar-refractivity contribution >= 4 is 11.9 Å². The maximum absolute atomic E-state index is 4.85. The minimum Gasteiger partial charge on any atom is -0.399 e. The number of allylic oxidation sites excluding steroid dienone is 3. The van der Waals surface area contributed by atoms with Crippen molar-refractivity contribution in [2.24, 2.45) is 5.16 Å². The highest BCUT2D eigenvalue weighted by molar-refractivity contribution is 5.84. The minimum atomic E-state index is 0.259. The molecule has 1 atom stereocenters. The van der Waals surface area contributed by atoms with Gasteiger partial charge >= 0.3 is 0 Å². The van der Waals surface area contributed by atoms with E-state index in [1.807, 2.05) is 14.1 Å². The van der Waals surface area contributed by atoms with Crippen LogP contribution in [0, 0.1) is 0 Å². The molecule has 1 aromatic carbocycles. The number of anilines is 1. The molecule has 0 radical (unpaired) electrons. The average molecular weight is 285 g/mol. The minimum absolute atomic E-state index is 0.259. The lowest BCUT2D eigenvalue weighted by atomic mass is 9.92. The third kappa shape index (κ3) is 3.27. The summed E-state index contributed by atoms with van der Waals surface area (Å²) in [4.78, 5) is 9.09. The van der Waals surface area contributed by atoms with Crippen molar-refractivity contribution in [2.45, 2.75) is 5.92 Å². The van der Waals surface area contributed by atoms with Gasteiger partial charge in [0.25, 0.3) is 0 Å². The molecule has 0 heterocycles. The van der Waals surface area contributed by atoms with E-state index in [1.165, 1.54) is 11.3 Å². The first-order valence-electron chi connectivity index (χ1n) is 6.98. The Hall–Kier alpha value is -2.23. The van der Waals surface area contributed by atoms with Crippen molar-refractivity contribution in [1.82, 2.24) is 4.90 Å². The molecule has 1 aromatic rings. The van der Waals surface area contributed by atoms with Crippen LogP contribution < -0.4 is 4.90 Å². The van der Waals surface area contributed by atoms with Crippen LogP contribution in [0.1, 0.15) is 17.0 Å². The Labute approximate surface area is 127 Å². The lowest BCUT2D eigenvalue weighted by molar-refractivity contribution is 0.215. The van der Waals surface area contributed by atoms with E-state index >= 15 is 0 Å². The van der Waals surface area contributed by atoms with E-state index in [9.17, 15) is 0 Å². The third-order valence-electron chi connectivity index (χ3n) is 3.62.